The number of aromatic nitrogens is 2. The Morgan fingerprint density at radius 2 is 2.44 bits per heavy atom. The monoisotopic (exact) mass is 116 g/mol. The van der Waals surface area contributed by atoms with Gasteiger partial charge in [0, 0.05) is 0 Å². The van der Waals surface area contributed by atoms with Gasteiger partial charge in [0.15, 0.2) is 0 Å². The second-order valence-corrected chi connectivity index (χ2v) is 2.15. The average Bonchev–Trinajstić information content (AvgIpc) is 2.34. The van der Waals surface area contributed by atoms with Crippen LogP contribution in [-0.2, 0) is 6.54 Å². The minimum absolute atomic E-state index is 1.11. The van der Waals surface area contributed by atoms with Crippen molar-refractivity contribution in [3.05, 3.63) is 18.7 Å². The van der Waals surface area contributed by atoms with Gasteiger partial charge in [0.2, 0.25) is 0 Å². The van der Waals surface area contributed by atoms with Crippen molar-refractivity contribution in [2.75, 3.05) is 0 Å². The third-order valence-corrected chi connectivity index (χ3v) is 1.33. The van der Waals surface area contributed by atoms with E-state index in [-0.39, 0.29) is 0 Å². The second-order valence-electron chi connectivity index (χ2n) is 2.15. The number of hydrogen-bond acceptors (Lipinski definition) is 1. The van der Waals surface area contributed by atoms with E-state index in [0.29, 0.717) is 0 Å². The maximum absolute atomic E-state index is 3.94. The fraction of sp³-hybridized carbons (Fsp3) is 0.500. The number of nitrogens with zero attached hydrogens (tertiary/aromatic N) is 2. The molecule has 0 aliphatic heterocycles. The van der Waals surface area contributed by atoms with Gasteiger partial charge in [-0.3, -0.25) is 0 Å². The van der Waals surface area contributed by atoms with E-state index in [9.17, 15) is 0 Å². The Labute approximate surface area is 64.5 Å². The molecule has 0 radical (unpaired) electrons. The third kappa shape index (κ3) is 2.25. The molecule has 0 atom stereocenters. The van der Waals surface area contributed by atoms with Crippen molar-refractivity contribution >= 4 is 17.7 Å². The van der Waals surface area contributed by atoms with E-state index in [2.05, 4.69) is 27.3 Å². The van der Waals surface area contributed by atoms with E-state index in [0.717, 1.165) is 6.54 Å². The number of rotatable bonds is 3. The molecule has 3 heteroatoms. The first kappa shape index (κ1) is 6.92. The summed E-state index contributed by atoms with van der Waals surface area (Å²) < 4.78 is 2.10. The van der Waals surface area contributed by atoms with Crippen LogP contribution in [0, 0.1) is 0 Å². The van der Waals surface area contributed by atoms with Gasteiger partial charge >= 0.3 is 64.0 Å². The van der Waals surface area contributed by atoms with E-state index in [4.69, 9.17) is 0 Å². The van der Waals surface area contributed by atoms with Gasteiger partial charge in [-0.1, -0.05) is 0 Å². The number of aryl methyl sites for hydroxylation is 1. The Bertz CT molecular complexity index is 148. The summed E-state index contributed by atoms with van der Waals surface area (Å²) >= 11 is 2.19. The van der Waals surface area contributed by atoms with Crippen LogP contribution in [-0.4, -0.2) is 27.3 Å². The molecule has 0 saturated heterocycles. The Morgan fingerprint density at radius 3 is 3.00 bits per heavy atom. The van der Waals surface area contributed by atoms with Gasteiger partial charge in [0.1, 0.15) is 0 Å². The molecule has 0 aromatic carbocycles. The molecule has 0 fully saturated rings. The molecule has 0 saturated carbocycles. The minimum atomic E-state index is 1.11. The van der Waals surface area contributed by atoms with Crippen molar-refractivity contribution in [2.45, 2.75) is 18.1 Å². The van der Waals surface area contributed by atoms with Gasteiger partial charge in [0.05, 0.1) is 0 Å². The molecular weight excluding hydrogens is 107 g/mol. The van der Waals surface area contributed by atoms with E-state index in [1.165, 1.54) is 11.5 Å². The van der Waals surface area contributed by atoms with E-state index in [1.807, 2.05) is 18.7 Å². The van der Waals surface area contributed by atoms with Gasteiger partial charge in [-0.25, -0.2) is 0 Å². The Balaban J connectivity index is 2.30. The zero-order chi connectivity index (χ0) is 6.53. The molecule has 0 amide bonds. The van der Waals surface area contributed by atoms with Crippen LogP contribution in [0.5, 0.6) is 0 Å². The number of imidazole rings is 1. The topological polar surface area (TPSA) is 17.8 Å². The summed E-state index contributed by atoms with van der Waals surface area (Å²) in [6, 6.07) is 0. The SMILES string of the molecule is [Li][CH2]CCn1ccnc1. The Kier molecular flexibility index (Phi) is 2.89. The predicted octanol–water partition coefficient (Wildman–Crippen LogP) is 0.860. The van der Waals surface area contributed by atoms with Crippen molar-refractivity contribution in [1.82, 2.24) is 9.55 Å². The van der Waals surface area contributed by atoms with Gasteiger partial charge in [-0.15, -0.1) is 0 Å². The van der Waals surface area contributed by atoms with Crippen LogP contribution in [0.15, 0.2) is 18.7 Å². The summed E-state index contributed by atoms with van der Waals surface area (Å²) in [4.78, 5) is 3.94. The van der Waals surface area contributed by atoms with Crippen molar-refractivity contribution in [2.24, 2.45) is 0 Å². The second kappa shape index (κ2) is 3.76. The first-order valence-electron chi connectivity index (χ1n) is 3.39. The standard InChI is InChI=1S/C6H9N2.Li/c1-2-4-8-5-3-7-6-8;/h3,5-6H,1-2,4H2;. The molecule has 1 aromatic heterocycles. The van der Waals surface area contributed by atoms with Crippen molar-refractivity contribution in [3.63, 3.8) is 0 Å². The summed E-state index contributed by atoms with van der Waals surface area (Å²) in [5.74, 6) is 0. The van der Waals surface area contributed by atoms with E-state index < -0.39 is 0 Å². The first-order chi connectivity index (χ1) is 4.43. The van der Waals surface area contributed by atoms with Crippen LogP contribution in [0.4, 0.5) is 0 Å². The van der Waals surface area contributed by atoms with Gasteiger partial charge in [-0.05, 0) is 0 Å². The molecule has 9 heavy (non-hydrogen) atoms. The zero-order valence-corrected chi connectivity index (χ0v) is 5.75. The van der Waals surface area contributed by atoms with E-state index in [1.54, 1.807) is 0 Å². The van der Waals surface area contributed by atoms with Crippen LogP contribution >= 0.6 is 0 Å². The van der Waals surface area contributed by atoms with Crippen LogP contribution in [0.25, 0.3) is 0 Å². The van der Waals surface area contributed by atoms with Crippen molar-refractivity contribution in [3.8, 4) is 0 Å². The molecule has 0 N–H and O–H groups in total. The van der Waals surface area contributed by atoms with Crippen LogP contribution in [0.2, 0.25) is 5.09 Å². The molecule has 1 aromatic rings. The Morgan fingerprint density at radius 1 is 1.56 bits per heavy atom. The molecule has 1 rings (SSSR count). The first-order valence-corrected chi connectivity index (χ1v) is 3.39. The molecule has 0 aliphatic carbocycles. The van der Waals surface area contributed by atoms with Crippen molar-refractivity contribution < 1.29 is 0 Å². The fourth-order valence-corrected chi connectivity index (χ4v) is 0.760. The van der Waals surface area contributed by atoms with Crippen LogP contribution in [0.1, 0.15) is 6.42 Å². The van der Waals surface area contributed by atoms with E-state index >= 15 is 0 Å². The summed E-state index contributed by atoms with van der Waals surface area (Å²) in [6.45, 7) is 1.11. The summed E-state index contributed by atoms with van der Waals surface area (Å²) in [5, 5.41) is 1.25. The molecule has 0 aliphatic rings. The molecule has 0 unspecified atom stereocenters. The molecule has 44 valence electrons. The van der Waals surface area contributed by atoms with Gasteiger partial charge in [-0.2, -0.15) is 0 Å². The van der Waals surface area contributed by atoms with Gasteiger partial charge < -0.3 is 0 Å². The summed E-state index contributed by atoms with van der Waals surface area (Å²) in [6.07, 6.45) is 6.91. The van der Waals surface area contributed by atoms with Crippen LogP contribution < -0.4 is 0 Å². The third-order valence-electron chi connectivity index (χ3n) is 1.33. The normalized spacial score (nSPS) is 10.0. The quantitative estimate of drug-likeness (QED) is 0.535. The molecule has 0 bridgehead atoms. The molecule has 0 spiro atoms. The fourth-order valence-electron chi connectivity index (χ4n) is 0.760. The molecule has 2 nitrogen and oxygen atoms in total. The van der Waals surface area contributed by atoms with Crippen LogP contribution in [0.3, 0.4) is 0 Å². The predicted molar refractivity (Wildman–Crippen MR) is 37.4 cm³/mol. The molecular formula is C6H9LiN2. The Hall–Kier alpha value is -0.193. The summed E-state index contributed by atoms with van der Waals surface area (Å²) in [5.41, 5.74) is 0. The zero-order valence-electron chi connectivity index (χ0n) is 5.75. The van der Waals surface area contributed by atoms with Gasteiger partial charge in [0.25, 0.3) is 0 Å². The maximum atomic E-state index is 3.94. The number of hydrogen-bond donors (Lipinski definition) is 0. The average molecular weight is 116 g/mol. The van der Waals surface area contributed by atoms with Crippen molar-refractivity contribution in [1.29, 1.82) is 0 Å². The summed E-state index contributed by atoms with van der Waals surface area (Å²) in [7, 11) is 0. The molecule has 1 heterocycles.